The molecule has 4 rings (SSSR count). The second-order valence-electron chi connectivity index (χ2n) is 19.0. The zero-order valence-electron chi connectivity index (χ0n) is 40.3. The second kappa shape index (κ2) is 26.1. The van der Waals surface area contributed by atoms with E-state index in [1.807, 2.05) is 73.7 Å². The number of carbonyl (C=O) groups excluding carboxylic acids is 6. The molecule has 2 aromatic rings. The number of carbonyl (C=O) groups is 6. The maximum absolute atomic E-state index is 14.7. The standard InChI is InChI=1S/C50H73N7O8S/c1-32(2)28-40(54-49(63)65-50(7,8)9)34(5)29-38(30-36-18-12-10-13-19-36)46(61)57-27-17-23-41(57)44(59)55-42(33(3)4)45(60)53-39(43(58)56-47-51-26-24-35(6)66-47)22-16-25-52-48(62)64-31-37-20-14-11-15-21-37/h10-15,18-21,29,32-33,35,38-42H,16-17,22-28,30-31H2,1-9H3,(H,52,62)(H,53,60)(H,54,63)(H,55,59)(H,51,56,58)/b34-29+/t35?,38-,39-,40+,41+,42+/m1/s1. The van der Waals surface area contributed by atoms with Crippen LogP contribution in [0.15, 0.2) is 77.3 Å². The Labute approximate surface area is 395 Å². The van der Waals surface area contributed by atoms with Gasteiger partial charge in [0.05, 0.1) is 12.0 Å². The Hall–Kier alpha value is -5.38. The molecule has 2 aromatic carbocycles. The quantitative estimate of drug-likeness (QED) is 0.0683. The van der Waals surface area contributed by atoms with Gasteiger partial charge in [-0.3, -0.25) is 24.2 Å². The van der Waals surface area contributed by atoms with Crippen molar-refractivity contribution in [2.45, 2.75) is 149 Å². The van der Waals surface area contributed by atoms with E-state index in [0.29, 0.717) is 50.4 Å². The maximum Gasteiger partial charge on any atom is 0.408 e. The van der Waals surface area contributed by atoms with Crippen molar-refractivity contribution in [1.82, 2.24) is 31.5 Å². The zero-order valence-corrected chi connectivity index (χ0v) is 41.1. The molecule has 16 heteroatoms. The first kappa shape index (κ1) is 53.2. The van der Waals surface area contributed by atoms with Gasteiger partial charge in [-0.05, 0) is 95.6 Å². The molecule has 2 aliphatic rings. The summed E-state index contributed by atoms with van der Waals surface area (Å²) in [6, 6.07) is 15.7. The lowest BCUT2D eigenvalue weighted by Gasteiger charge is -2.31. The van der Waals surface area contributed by atoms with Gasteiger partial charge in [0.2, 0.25) is 23.6 Å². The van der Waals surface area contributed by atoms with E-state index in [2.05, 4.69) is 52.3 Å². The smallest absolute Gasteiger partial charge is 0.408 e. The number of nitrogens with one attached hydrogen (secondary N) is 5. The maximum atomic E-state index is 14.7. The van der Waals surface area contributed by atoms with E-state index in [1.54, 1.807) is 39.5 Å². The van der Waals surface area contributed by atoms with Gasteiger partial charge in [-0.25, -0.2) is 9.59 Å². The lowest BCUT2D eigenvalue weighted by molar-refractivity contribution is -0.141. The summed E-state index contributed by atoms with van der Waals surface area (Å²) in [4.78, 5) is 88.3. The van der Waals surface area contributed by atoms with Crippen LogP contribution in [0.2, 0.25) is 0 Å². The van der Waals surface area contributed by atoms with Gasteiger partial charge in [0.1, 0.15) is 30.3 Å². The van der Waals surface area contributed by atoms with E-state index >= 15 is 0 Å². The first-order chi connectivity index (χ1) is 31.3. The van der Waals surface area contributed by atoms with E-state index in [4.69, 9.17) is 9.47 Å². The molecule has 66 heavy (non-hydrogen) atoms. The minimum Gasteiger partial charge on any atom is -0.445 e. The van der Waals surface area contributed by atoms with Gasteiger partial charge >= 0.3 is 12.2 Å². The average Bonchev–Trinajstić information content (AvgIpc) is 3.75. The molecule has 6 amide bonds. The van der Waals surface area contributed by atoms with Gasteiger partial charge in [0.25, 0.3) is 0 Å². The van der Waals surface area contributed by atoms with Crippen LogP contribution >= 0.6 is 11.8 Å². The number of hydrogen-bond donors (Lipinski definition) is 5. The predicted octanol–water partition coefficient (Wildman–Crippen LogP) is 7.05. The molecular formula is C50H73N7O8S. The summed E-state index contributed by atoms with van der Waals surface area (Å²) in [7, 11) is 0. The highest BCUT2D eigenvalue weighted by atomic mass is 32.2. The molecule has 2 aliphatic heterocycles. The molecule has 1 saturated heterocycles. The number of nitrogens with zero attached hydrogens (tertiary/aromatic N) is 2. The molecule has 1 fully saturated rings. The third kappa shape index (κ3) is 18.1. The topological polar surface area (TPSA) is 197 Å². The molecule has 0 aliphatic carbocycles. The van der Waals surface area contributed by atoms with Crippen LogP contribution < -0.4 is 26.6 Å². The zero-order chi connectivity index (χ0) is 48.4. The van der Waals surface area contributed by atoms with E-state index in [1.165, 1.54) is 11.8 Å². The van der Waals surface area contributed by atoms with Crippen molar-refractivity contribution < 1.29 is 38.2 Å². The molecular weight excluding hydrogens is 859 g/mol. The van der Waals surface area contributed by atoms with Gasteiger partial charge in [0.15, 0.2) is 5.17 Å². The first-order valence-corrected chi connectivity index (χ1v) is 24.3. The molecule has 5 N–H and O–H groups in total. The normalized spacial score (nSPS) is 18.3. The van der Waals surface area contributed by atoms with E-state index < -0.39 is 65.6 Å². The van der Waals surface area contributed by atoms with E-state index in [-0.39, 0.29) is 42.6 Å². The van der Waals surface area contributed by atoms with Crippen molar-refractivity contribution in [2.24, 2.45) is 22.7 Å². The van der Waals surface area contributed by atoms with Crippen molar-refractivity contribution >= 4 is 52.7 Å². The molecule has 1 unspecified atom stereocenters. The van der Waals surface area contributed by atoms with Crippen LogP contribution in [0.4, 0.5) is 9.59 Å². The van der Waals surface area contributed by atoms with Gasteiger partial charge in [-0.2, -0.15) is 0 Å². The monoisotopic (exact) mass is 932 g/mol. The van der Waals surface area contributed by atoms with Crippen LogP contribution in [0, 0.1) is 17.8 Å². The van der Waals surface area contributed by atoms with Crippen LogP contribution in [-0.4, -0.2) is 101 Å². The minimum absolute atomic E-state index is 0.111. The second-order valence-corrected chi connectivity index (χ2v) is 20.5. The number of amidine groups is 1. The number of thioether (sulfide) groups is 1. The van der Waals surface area contributed by atoms with Gasteiger partial charge in [0, 0.05) is 24.9 Å². The largest absolute Gasteiger partial charge is 0.445 e. The first-order valence-electron chi connectivity index (χ1n) is 23.4. The van der Waals surface area contributed by atoms with Crippen molar-refractivity contribution in [1.29, 1.82) is 0 Å². The highest BCUT2D eigenvalue weighted by Crippen LogP contribution is 2.26. The SMILES string of the molecule is C/C(=C\[C@H](Cc1ccccc1)C(=O)N1CCC[C@H]1C(=O)N[C@H](C(=O)N[C@H](CCCNC(=O)OCc1ccccc1)C(=O)NC1=NCCC(C)S1)C(C)C)[C@H](CC(C)C)NC(=O)OC(C)(C)C. The van der Waals surface area contributed by atoms with Gasteiger partial charge in [-0.1, -0.05) is 119 Å². The third-order valence-electron chi connectivity index (χ3n) is 11.2. The van der Waals surface area contributed by atoms with Crippen LogP contribution in [-0.2, 0) is 41.7 Å². The van der Waals surface area contributed by atoms with E-state index in [0.717, 1.165) is 23.1 Å². The molecule has 0 saturated carbocycles. The van der Waals surface area contributed by atoms with E-state index in [9.17, 15) is 28.8 Å². The Morgan fingerprint density at radius 1 is 0.864 bits per heavy atom. The summed E-state index contributed by atoms with van der Waals surface area (Å²) >= 11 is 1.45. The molecule has 15 nitrogen and oxygen atoms in total. The minimum atomic E-state index is -1.03. The van der Waals surface area contributed by atoms with Crippen LogP contribution in [0.1, 0.15) is 112 Å². The number of hydrogen-bond acceptors (Lipinski definition) is 10. The number of rotatable bonds is 20. The summed E-state index contributed by atoms with van der Waals surface area (Å²) in [5.74, 6) is -2.50. The summed E-state index contributed by atoms with van der Waals surface area (Å²) in [5.41, 5.74) is 1.91. The molecule has 0 aromatic heterocycles. The van der Waals surface area contributed by atoms with Crippen molar-refractivity contribution in [2.75, 3.05) is 19.6 Å². The molecule has 0 bridgehead atoms. The lowest BCUT2D eigenvalue weighted by Crippen LogP contribution is -2.58. The number of amides is 6. The van der Waals surface area contributed by atoms with Gasteiger partial charge in [-0.15, -0.1) is 0 Å². The molecule has 0 radical (unpaired) electrons. The van der Waals surface area contributed by atoms with Gasteiger partial charge < -0.3 is 41.0 Å². The number of aliphatic imine (C=N–C) groups is 1. The number of alkyl carbamates (subject to hydrolysis) is 2. The number of likely N-dealkylation sites (tertiary alicyclic amines) is 1. The fourth-order valence-electron chi connectivity index (χ4n) is 7.80. The average molecular weight is 932 g/mol. The fraction of sp³-hybridized carbons (Fsp3) is 0.580. The van der Waals surface area contributed by atoms with Crippen LogP contribution in [0.5, 0.6) is 0 Å². The lowest BCUT2D eigenvalue weighted by atomic mass is 9.91. The highest BCUT2D eigenvalue weighted by molar-refractivity contribution is 8.14. The summed E-state index contributed by atoms with van der Waals surface area (Å²) in [6.07, 6.45) is 4.15. The Kier molecular flexibility index (Phi) is 21.0. The molecule has 362 valence electrons. The Bertz CT molecular complexity index is 1990. The van der Waals surface area contributed by atoms with Crippen molar-refractivity contribution in [3.8, 4) is 0 Å². The van der Waals surface area contributed by atoms with Crippen molar-refractivity contribution in [3.63, 3.8) is 0 Å². The number of ether oxygens (including phenoxy) is 2. The molecule has 0 spiro atoms. The van der Waals surface area contributed by atoms with Crippen LogP contribution in [0.3, 0.4) is 0 Å². The third-order valence-corrected chi connectivity index (χ3v) is 12.3. The van der Waals surface area contributed by atoms with Crippen LogP contribution in [0.25, 0.3) is 0 Å². The molecule has 2 heterocycles. The summed E-state index contributed by atoms with van der Waals surface area (Å²) in [6.45, 7) is 18.4. The number of benzene rings is 2. The summed E-state index contributed by atoms with van der Waals surface area (Å²) < 4.78 is 10.9. The summed E-state index contributed by atoms with van der Waals surface area (Å²) in [5, 5.41) is 15.2. The molecule has 6 atom stereocenters. The Morgan fingerprint density at radius 2 is 1.53 bits per heavy atom. The fourth-order valence-corrected chi connectivity index (χ4v) is 8.73. The van der Waals surface area contributed by atoms with Crippen molar-refractivity contribution in [3.05, 3.63) is 83.4 Å². The Morgan fingerprint density at radius 3 is 2.15 bits per heavy atom. The Balaban J connectivity index is 1.49. The highest BCUT2D eigenvalue weighted by Gasteiger charge is 2.39. The predicted molar refractivity (Wildman–Crippen MR) is 259 cm³/mol.